The summed E-state index contributed by atoms with van der Waals surface area (Å²) in [6.45, 7) is 8.71. The summed E-state index contributed by atoms with van der Waals surface area (Å²) < 4.78 is 19.6. The molecule has 0 spiro atoms. The fraction of sp³-hybridized carbons (Fsp3) is 0.481. The third-order valence-corrected chi connectivity index (χ3v) is 9.99. The maximum Gasteiger partial charge on any atom is 0.286 e. The number of benzene rings is 2. The van der Waals surface area contributed by atoms with Gasteiger partial charge in [-0.05, 0) is 58.2 Å². The second-order valence-electron chi connectivity index (χ2n) is 9.52. The molecule has 1 saturated heterocycles. The maximum atomic E-state index is 15.0. The smallest absolute Gasteiger partial charge is 0.270 e. The molecule has 32 heavy (non-hydrogen) atoms. The normalized spacial score (nSPS) is 24.2. The van der Waals surface area contributed by atoms with Gasteiger partial charge in [0.15, 0.2) is 0 Å². The van der Waals surface area contributed by atoms with Crippen molar-refractivity contribution in [2.24, 2.45) is 0 Å². The molecule has 3 atom stereocenters. The number of hydrogen-bond acceptors (Lipinski definition) is 1. The number of fused-ring (bicyclic) bond motifs is 1. The van der Waals surface area contributed by atoms with Crippen molar-refractivity contribution in [2.45, 2.75) is 83.6 Å². The van der Waals surface area contributed by atoms with Gasteiger partial charge in [-0.1, -0.05) is 73.2 Å². The molecule has 5 heteroatoms. The molecule has 2 fully saturated rings. The lowest BCUT2D eigenvalue weighted by Gasteiger charge is -2.37. The Hall–Kier alpha value is -1.89. The molecular weight excluding hydrogens is 413 g/mol. The largest absolute Gasteiger partial charge is 0.286 e. The third-order valence-electron chi connectivity index (χ3n) is 6.62. The standard InChI is InChI=1S/C27H36N3OP/c1-21(2)29-26-17-11-12-18-27(26)30(22(3)4)32(29,31)28-25(24-15-9-6-10-16-24)20-19-23-13-7-5-8-14-23/h5-10,13-16,21-22,25-27H,11-12,17-18H2,1-4H3,(H,28,31)/t25-,26-,27-/m1/s1. The fourth-order valence-corrected chi connectivity index (χ4v) is 9.09. The molecule has 2 aromatic carbocycles. The van der Waals surface area contributed by atoms with Gasteiger partial charge in [0.1, 0.15) is 6.04 Å². The van der Waals surface area contributed by atoms with Crippen LogP contribution in [-0.2, 0) is 4.57 Å². The van der Waals surface area contributed by atoms with Crippen LogP contribution >= 0.6 is 7.59 Å². The molecule has 2 aromatic rings. The highest BCUT2D eigenvalue weighted by Gasteiger charge is 2.57. The Morgan fingerprint density at radius 2 is 1.34 bits per heavy atom. The van der Waals surface area contributed by atoms with Crippen molar-refractivity contribution in [3.63, 3.8) is 0 Å². The molecule has 0 bridgehead atoms. The first-order valence-electron chi connectivity index (χ1n) is 12.0. The highest BCUT2D eigenvalue weighted by atomic mass is 31.2. The van der Waals surface area contributed by atoms with E-state index in [0.29, 0.717) is 12.1 Å². The molecule has 1 N–H and O–H groups in total. The SMILES string of the molecule is CC(C)N1[C@@H]2CCCC[C@H]2N(C(C)C)P1(=O)N[C@H](C#Cc1ccccc1)c1ccccc1. The molecule has 2 aliphatic rings. The second kappa shape index (κ2) is 9.94. The van der Waals surface area contributed by atoms with Crippen LogP contribution in [0, 0.1) is 11.8 Å². The van der Waals surface area contributed by atoms with E-state index < -0.39 is 7.59 Å². The predicted octanol–water partition coefficient (Wildman–Crippen LogP) is 6.22. The second-order valence-corrected chi connectivity index (χ2v) is 11.8. The summed E-state index contributed by atoms with van der Waals surface area (Å²) in [4.78, 5) is 0. The fourth-order valence-electron chi connectivity index (χ4n) is 5.44. The minimum absolute atomic E-state index is 0.196. The summed E-state index contributed by atoms with van der Waals surface area (Å²) in [6, 6.07) is 21.0. The van der Waals surface area contributed by atoms with Crippen LogP contribution in [0.1, 0.15) is 70.5 Å². The van der Waals surface area contributed by atoms with E-state index in [0.717, 1.165) is 24.0 Å². The molecule has 170 valence electrons. The number of nitrogens with zero attached hydrogens (tertiary/aromatic N) is 2. The van der Waals surface area contributed by atoms with Crippen LogP contribution in [0.5, 0.6) is 0 Å². The highest BCUT2D eigenvalue weighted by molar-refractivity contribution is 7.57. The van der Waals surface area contributed by atoms with Crippen LogP contribution in [0.4, 0.5) is 0 Å². The zero-order valence-electron chi connectivity index (χ0n) is 19.7. The Morgan fingerprint density at radius 1 is 0.844 bits per heavy atom. The van der Waals surface area contributed by atoms with Crippen molar-refractivity contribution in [1.82, 2.24) is 14.4 Å². The van der Waals surface area contributed by atoms with Gasteiger partial charge in [0, 0.05) is 29.7 Å². The maximum absolute atomic E-state index is 15.0. The summed E-state index contributed by atoms with van der Waals surface area (Å²) in [5.41, 5.74) is 2.02. The van der Waals surface area contributed by atoms with E-state index in [1.54, 1.807) is 0 Å². The third kappa shape index (κ3) is 4.59. The van der Waals surface area contributed by atoms with Crippen molar-refractivity contribution in [3.8, 4) is 11.8 Å². The average Bonchev–Trinajstić information content (AvgIpc) is 3.06. The zero-order chi connectivity index (χ0) is 22.7. The molecule has 4 nitrogen and oxygen atoms in total. The first-order valence-corrected chi connectivity index (χ1v) is 13.6. The van der Waals surface area contributed by atoms with Crippen LogP contribution in [-0.4, -0.2) is 33.5 Å². The Bertz CT molecular complexity index is 968. The summed E-state index contributed by atoms with van der Waals surface area (Å²) >= 11 is 0. The predicted molar refractivity (Wildman–Crippen MR) is 133 cm³/mol. The van der Waals surface area contributed by atoms with Gasteiger partial charge in [0.25, 0.3) is 7.59 Å². The topological polar surface area (TPSA) is 35.6 Å². The van der Waals surface area contributed by atoms with Crippen LogP contribution < -0.4 is 5.09 Å². The number of nitrogens with one attached hydrogen (secondary N) is 1. The Kier molecular flexibility index (Phi) is 7.23. The molecular formula is C27H36N3OP. The molecule has 1 aliphatic carbocycles. The Balaban J connectivity index is 1.76. The average molecular weight is 450 g/mol. The van der Waals surface area contributed by atoms with Crippen molar-refractivity contribution < 1.29 is 4.57 Å². The summed E-state index contributed by atoms with van der Waals surface area (Å²) in [6.07, 6.45) is 4.66. The van der Waals surface area contributed by atoms with Crippen molar-refractivity contribution in [3.05, 3.63) is 71.8 Å². The van der Waals surface area contributed by atoms with Gasteiger partial charge in [-0.2, -0.15) is 0 Å². The minimum Gasteiger partial charge on any atom is -0.270 e. The van der Waals surface area contributed by atoms with E-state index in [9.17, 15) is 4.57 Å². The lowest BCUT2D eigenvalue weighted by atomic mass is 9.89. The van der Waals surface area contributed by atoms with Gasteiger partial charge in [-0.15, -0.1) is 0 Å². The molecule has 0 radical (unpaired) electrons. The Labute approximate surface area is 193 Å². The highest BCUT2D eigenvalue weighted by Crippen LogP contribution is 2.63. The van der Waals surface area contributed by atoms with Crippen molar-refractivity contribution >= 4 is 7.59 Å². The minimum atomic E-state index is -3.04. The molecule has 4 rings (SSSR count). The van der Waals surface area contributed by atoms with E-state index in [-0.39, 0.29) is 18.1 Å². The van der Waals surface area contributed by atoms with Gasteiger partial charge in [-0.3, -0.25) is 4.57 Å². The van der Waals surface area contributed by atoms with Gasteiger partial charge in [0.05, 0.1) is 0 Å². The molecule has 1 aliphatic heterocycles. The molecule has 1 heterocycles. The zero-order valence-corrected chi connectivity index (χ0v) is 20.6. The van der Waals surface area contributed by atoms with Crippen LogP contribution in [0.25, 0.3) is 0 Å². The quantitative estimate of drug-likeness (QED) is 0.434. The number of rotatable bonds is 5. The van der Waals surface area contributed by atoms with Gasteiger partial charge >= 0.3 is 0 Å². The molecule has 0 unspecified atom stereocenters. The lowest BCUT2D eigenvalue weighted by molar-refractivity contribution is 0.173. The lowest BCUT2D eigenvalue weighted by Crippen LogP contribution is -2.43. The summed E-state index contributed by atoms with van der Waals surface area (Å²) in [7, 11) is -3.04. The van der Waals surface area contributed by atoms with Gasteiger partial charge in [0.2, 0.25) is 0 Å². The molecule has 1 saturated carbocycles. The molecule has 0 amide bonds. The van der Waals surface area contributed by atoms with Crippen LogP contribution in [0.15, 0.2) is 60.7 Å². The summed E-state index contributed by atoms with van der Waals surface area (Å²) in [5, 5.41) is 3.63. The van der Waals surface area contributed by atoms with E-state index in [2.05, 4.69) is 66.1 Å². The van der Waals surface area contributed by atoms with E-state index >= 15 is 0 Å². The van der Waals surface area contributed by atoms with Gasteiger partial charge < -0.3 is 0 Å². The Morgan fingerprint density at radius 3 is 1.84 bits per heavy atom. The van der Waals surface area contributed by atoms with Crippen molar-refractivity contribution in [2.75, 3.05) is 0 Å². The first kappa shape index (κ1) is 23.3. The monoisotopic (exact) mass is 449 g/mol. The summed E-state index contributed by atoms with van der Waals surface area (Å²) in [5.74, 6) is 6.73. The first-order chi connectivity index (χ1) is 15.4. The van der Waals surface area contributed by atoms with Gasteiger partial charge in [-0.25, -0.2) is 14.4 Å². The molecule has 0 aromatic heterocycles. The number of hydrogen-bond donors (Lipinski definition) is 1. The van der Waals surface area contributed by atoms with E-state index in [1.807, 2.05) is 48.5 Å². The van der Waals surface area contributed by atoms with Crippen LogP contribution in [0.2, 0.25) is 0 Å². The van der Waals surface area contributed by atoms with E-state index in [1.165, 1.54) is 12.8 Å². The van der Waals surface area contributed by atoms with Crippen molar-refractivity contribution in [1.29, 1.82) is 0 Å². The van der Waals surface area contributed by atoms with E-state index in [4.69, 9.17) is 0 Å². The van der Waals surface area contributed by atoms with Crippen LogP contribution in [0.3, 0.4) is 0 Å².